The van der Waals surface area contributed by atoms with E-state index in [0.29, 0.717) is 12.8 Å². The Kier molecular flexibility index (Phi) is 5.27. The first-order chi connectivity index (χ1) is 8.50. The number of Topliss-reactive ketones (excluding diaryl/α,β-unsaturated/α-hetero) is 2. The second-order valence-corrected chi connectivity index (χ2v) is 5.23. The summed E-state index contributed by atoms with van der Waals surface area (Å²) < 4.78 is 0.990. The predicted octanol–water partition coefficient (Wildman–Crippen LogP) is 4.11. The van der Waals surface area contributed by atoms with Gasteiger partial charge >= 0.3 is 0 Å². The maximum Gasteiger partial charge on any atom is 0.148 e. The summed E-state index contributed by atoms with van der Waals surface area (Å²) >= 11 is 3.42. The van der Waals surface area contributed by atoms with Crippen LogP contribution in [-0.4, -0.2) is 11.6 Å². The molecule has 0 spiro atoms. The van der Waals surface area contributed by atoms with E-state index < -0.39 is 5.92 Å². The van der Waals surface area contributed by atoms with Crippen LogP contribution in [0.4, 0.5) is 0 Å². The number of carbonyl (C=O) groups is 2. The Morgan fingerprint density at radius 2 is 1.39 bits per heavy atom. The lowest BCUT2D eigenvalue weighted by Gasteiger charge is -2.14. The van der Waals surface area contributed by atoms with E-state index in [9.17, 15) is 9.59 Å². The molecule has 1 aliphatic carbocycles. The molecule has 0 aliphatic heterocycles. The first-order valence-corrected chi connectivity index (χ1v) is 7.12. The van der Waals surface area contributed by atoms with E-state index in [4.69, 9.17) is 0 Å². The van der Waals surface area contributed by atoms with E-state index in [1.165, 1.54) is 0 Å². The van der Waals surface area contributed by atoms with Crippen molar-refractivity contribution in [2.24, 2.45) is 0 Å². The van der Waals surface area contributed by atoms with Crippen LogP contribution >= 0.6 is 15.9 Å². The fourth-order valence-electron chi connectivity index (χ4n) is 2.41. The number of hydrogen-bond donors (Lipinski definition) is 0. The molecule has 1 fully saturated rings. The second-order valence-electron chi connectivity index (χ2n) is 4.32. The summed E-state index contributed by atoms with van der Waals surface area (Å²) in [4.78, 5) is 23.5. The third-order valence-electron chi connectivity index (χ3n) is 3.11. The fraction of sp³-hybridized carbons (Fsp3) is 0.467. The lowest BCUT2D eigenvalue weighted by atomic mass is 9.88. The van der Waals surface area contributed by atoms with E-state index in [1.807, 2.05) is 39.8 Å². The first-order valence-electron chi connectivity index (χ1n) is 6.33. The zero-order valence-corrected chi connectivity index (χ0v) is 12.9. The standard InChI is InChI=1S/C13H13BrO2.C2H6/c1-7-5-9(14)6-8(2)12(7)13-10(15)3-4-11(13)16;1-2/h5-6,13H,3-4H2,1-2H3;1-2H3. The van der Waals surface area contributed by atoms with Crippen LogP contribution in [0.25, 0.3) is 0 Å². The molecule has 3 heteroatoms. The molecule has 1 aromatic carbocycles. The zero-order chi connectivity index (χ0) is 13.9. The second kappa shape index (κ2) is 6.28. The Morgan fingerprint density at radius 1 is 1.00 bits per heavy atom. The molecule has 2 nitrogen and oxygen atoms in total. The molecule has 0 amide bonds. The smallest absolute Gasteiger partial charge is 0.148 e. The Morgan fingerprint density at radius 3 is 1.78 bits per heavy atom. The molecular formula is C15H19BrO2. The minimum absolute atomic E-state index is 0.0681. The van der Waals surface area contributed by atoms with Crippen LogP contribution in [0.5, 0.6) is 0 Å². The van der Waals surface area contributed by atoms with Crippen molar-refractivity contribution in [3.05, 3.63) is 33.3 Å². The number of rotatable bonds is 1. The summed E-state index contributed by atoms with van der Waals surface area (Å²) in [5, 5.41) is 0. The van der Waals surface area contributed by atoms with E-state index in [-0.39, 0.29) is 11.6 Å². The van der Waals surface area contributed by atoms with Gasteiger partial charge in [0.1, 0.15) is 17.5 Å². The Balaban J connectivity index is 0.000000771. The summed E-state index contributed by atoms with van der Waals surface area (Å²) in [6.45, 7) is 7.90. The van der Waals surface area contributed by atoms with Crippen molar-refractivity contribution in [2.45, 2.75) is 46.5 Å². The van der Waals surface area contributed by atoms with Gasteiger partial charge in [-0.3, -0.25) is 9.59 Å². The third kappa shape index (κ3) is 2.89. The highest BCUT2D eigenvalue weighted by Gasteiger charge is 2.35. The van der Waals surface area contributed by atoms with Crippen LogP contribution < -0.4 is 0 Å². The van der Waals surface area contributed by atoms with Gasteiger partial charge < -0.3 is 0 Å². The van der Waals surface area contributed by atoms with Crippen LogP contribution in [0, 0.1) is 13.8 Å². The van der Waals surface area contributed by atoms with Crippen molar-refractivity contribution in [1.82, 2.24) is 0 Å². The van der Waals surface area contributed by atoms with Gasteiger partial charge in [0.05, 0.1) is 0 Å². The molecule has 1 aromatic rings. The van der Waals surface area contributed by atoms with Gasteiger partial charge in [-0.15, -0.1) is 0 Å². The lowest BCUT2D eigenvalue weighted by molar-refractivity contribution is -0.123. The van der Waals surface area contributed by atoms with Crippen LogP contribution in [0.3, 0.4) is 0 Å². The molecular weight excluding hydrogens is 292 g/mol. The van der Waals surface area contributed by atoms with Gasteiger partial charge in [-0.25, -0.2) is 0 Å². The van der Waals surface area contributed by atoms with E-state index in [2.05, 4.69) is 15.9 Å². The van der Waals surface area contributed by atoms with Crippen LogP contribution in [0.1, 0.15) is 49.3 Å². The number of carbonyl (C=O) groups excluding carboxylic acids is 2. The van der Waals surface area contributed by atoms with Gasteiger partial charge in [0.2, 0.25) is 0 Å². The normalized spacial score (nSPS) is 15.6. The van der Waals surface area contributed by atoms with Crippen molar-refractivity contribution in [1.29, 1.82) is 0 Å². The maximum atomic E-state index is 11.7. The Hall–Kier alpha value is -0.960. The van der Waals surface area contributed by atoms with Crippen LogP contribution in [-0.2, 0) is 9.59 Å². The quantitative estimate of drug-likeness (QED) is 0.732. The number of aryl methyl sites for hydroxylation is 2. The molecule has 1 aliphatic rings. The third-order valence-corrected chi connectivity index (χ3v) is 3.57. The molecule has 0 heterocycles. The van der Waals surface area contributed by atoms with Crippen molar-refractivity contribution in [3.8, 4) is 0 Å². The summed E-state index contributed by atoms with van der Waals surface area (Å²) in [5.74, 6) is -0.370. The minimum atomic E-state index is -0.506. The van der Waals surface area contributed by atoms with Crippen molar-refractivity contribution < 1.29 is 9.59 Å². The number of hydrogen-bond acceptors (Lipinski definition) is 2. The molecule has 0 bridgehead atoms. The average Bonchev–Trinajstić information content (AvgIpc) is 2.62. The molecule has 0 saturated heterocycles. The highest BCUT2D eigenvalue weighted by molar-refractivity contribution is 9.10. The molecule has 18 heavy (non-hydrogen) atoms. The Labute approximate surface area is 117 Å². The monoisotopic (exact) mass is 310 g/mol. The van der Waals surface area contributed by atoms with E-state index >= 15 is 0 Å². The number of ketones is 2. The molecule has 0 unspecified atom stereocenters. The Bertz CT molecular complexity index is 438. The fourth-order valence-corrected chi connectivity index (χ4v) is 3.10. The maximum absolute atomic E-state index is 11.7. The molecule has 98 valence electrons. The molecule has 1 saturated carbocycles. The largest absolute Gasteiger partial charge is 0.299 e. The van der Waals surface area contributed by atoms with Crippen LogP contribution in [0.2, 0.25) is 0 Å². The highest BCUT2D eigenvalue weighted by atomic mass is 79.9. The number of benzene rings is 1. The lowest BCUT2D eigenvalue weighted by Crippen LogP contribution is -2.14. The van der Waals surface area contributed by atoms with E-state index in [1.54, 1.807) is 0 Å². The highest BCUT2D eigenvalue weighted by Crippen LogP contribution is 2.34. The van der Waals surface area contributed by atoms with Gasteiger partial charge in [0.25, 0.3) is 0 Å². The van der Waals surface area contributed by atoms with Gasteiger partial charge in [-0.05, 0) is 42.7 Å². The molecule has 0 aromatic heterocycles. The van der Waals surface area contributed by atoms with Crippen molar-refractivity contribution >= 4 is 27.5 Å². The predicted molar refractivity (Wildman–Crippen MR) is 77.0 cm³/mol. The summed E-state index contributed by atoms with van der Waals surface area (Å²) in [6, 6.07) is 3.92. The molecule has 0 N–H and O–H groups in total. The summed E-state index contributed by atoms with van der Waals surface area (Å²) in [5.41, 5.74) is 2.94. The topological polar surface area (TPSA) is 34.1 Å². The van der Waals surface area contributed by atoms with Gasteiger partial charge in [-0.1, -0.05) is 29.8 Å². The first kappa shape index (κ1) is 15.1. The molecule has 2 rings (SSSR count). The summed E-state index contributed by atoms with van der Waals surface area (Å²) in [6.07, 6.45) is 0.802. The van der Waals surface area contributed by atoms with Gasteiger partial charge in [-0.2, -0.15) is 0 Å². The van der Waals surface area contributed by atoms with Crippen molar-refractivity contribution in [3.63, 3.8) is 0 Å². The van der Waals surface area contributed by atoms with Crippen molar-refractivity contribution in [2.75, 3.05) is 0 Å². The SMILES string of the molecule is CC.Cc1cc(Br)cc(C)c1C1C(=O)CCC1=O. The number of halogens is 1. The zero-order valence-electron chi connectivity index (χ0n) is 11.3. The average molecular weight is 311 g/mol. The van der Waals surface area contributed by atoms with Gasteiger partial charge in [0, 0.05) is 17.3 Å². The molecule has 0 atom stereocenters. The van der Waals surface area contributed by atoms with E-state index in [0.717, 1.165) is 21.2 Å². The summed E-state index contributed by atoms with van der Waals surface area (Å²) in [7, 11) is 0. The minimum Gasteiger partial charge on any atom is -0.299 e. The van der Waals surface area contributed by atoms with Crippen LogP contribution in [0.15, 0.2) is 16.6 Å². The molecule has 0 radical (unpaired) electrons. The van der Waals surface area contributed by atoms with Gasteiger partial charge in [0.15, 0.2) is 0 Å².